The van der Waals surface area contributed by atoms with E-state index in [-0.39, 0.29) is 5.91 Å². The van der Waals surface area contributed by atoms with Gasteiger partial charge in [0, 0.05) is 17.3 Å². The summed E-state index contributed by atoms with van der Waals surface area (Å²) >= 11 is 0. The van der Waals surface area contributed by atoms with Gasteiger partial charge in [-0.15, -0.1) is 0 Å². The lowest BCUT2D eigenvalue weighted by atomic mass is 10.0. The fourth-order valence-electron chi connectivity index (χ4n) is 1.88. The molecule has 0 aliphatic heterocycles. The molecule has 0 bridgehead atoms. The maximum Gasteiger partial charge on any atom is 0.248 e. The van der Waals surface area contributed by atoms with Crippen LogP contribution in [0.2, 0.25) is 0 Å². The number of primary amides is 1. The van der Waals surface area contributed by atoms with Crippen LogP contribution in [-0.4, -0.2) is 11.9 Å². The minimum atomic E-state index is -0.385. The van der Waals surface area contributed by atoms with Crippen molar-refractivity contribution in [3.63, 3.8) is 0 Å². The van der Waals surface area contributed by atoms with Crippen molar-refractivity contribution in [1.82, 2.24) is 0 Å². The lowest BCUT2D eigenvalue weighted by molar-refractivity contribution is 0.100. The average molecular weight is 216 g/mol. The van der Waals surface area contributed by atoms with Crippen LogP contribution in [0.15, 0.2) is 36.4 Å². The van der Waals surface area contributed by atoms with Crippen molar-refractivity contribution in [2.75, 3.05) is 5.32 Å². The van der Waals surface area contributed by atoms with Gasteiger partial charge >= 0.3 is 0 Å². The molecule has 0 fully saturated rings. The highest BCUT2D eigenvalue weighted by atomic mass is 16.1. The Balaban J connectivity index is 2.02. The van der Waals surface area contributed by atoms with Crippen molar-refractivity contribution in [2.45, 2.75) is 25.3 Å². The number of benzene rings is 1. The van der Waals surface area contributed by atoms with Crippen LogP contribution in [-0.2, 0) is 0 Å². The molecule has 0 aromatic heterocycles. The molecule has 1 aromatic carbocycles. The van der Waals surface area contributed by atoms with Gasteiger partial charge in [0.15, 0.2) is 0 Å². The van der Waals surface area contributed by atoms with Crippen LogP contribution in [0.3, 0.4) is 0 Å². The van der Waals surface area contributed by atoms with Gasteiger partial charge in [0.1, 0.15) is 0 Å². The van der Waals surface area contributed by atoms with Crippen molar-refractivity contribution >= 4 is 11.6 Å². The van der Waals surface area contributed by atoms with Crippen LogP contribution in [0.25, 0.3) is 0 Å². The third kappa shape index (κ3) is 2.63. The first-order chi connectivity index (χ1) is 7.75. The summed E-state index contributed by atoms with van der Waals surface area (Å²) in [5, 5.41) is 3.41. The van der Waals surface area contributed by atoms with E-state index in [4.69, 9.17) is 5.73 Å². The number of nitrogens with one attached hydrogen (secondary N) is 1. The first-order valence-corrected chi connectivity index (χ1v) is 5.59. The Morgan fingerprint density at radius 1 is 1.31 bits per heavy atom. The lowest BCUT2D eigenvalue weighted by Crippen LogP contribution is -2.18. The van der Waals surface area contributed by atoms with Gasteiger partial charge < -0.3 is 11.1 Å². The first-order valence-electron chi connectivity index (χ1n) is 5.59. The summed E-state index contributed by atoms with van der Waals surface area (Å²) in [6.07, 6.45) is 7.98. The molecule has 0 heterocycles. The van der Waals surface area contributed by atoms with Crippen molar-refractivity contribution in [3.05, 3.63) is 42.0 Å². The van der Waals surface area contributed by atoms with Gasteiger partial charge in [0.25, 0.3) is 0 Å². The number of carbonyl (C=O) groups excluding carboxylic acids is 1. The van der Waals surface area contributed by atoms with Gasteiger partial charge in [0.2, 0.25) is 5.91 Å². The molecule has 0 saturated heterocycles. The first kappa shape index (κ1) is 10.7. The van der Waals surface area contributed by atoms with Crippen molar-refractivity contribution < 1.29 is 4.79 Å². The second-order valence-corrected chi connectivity index (χ2v) is 4.05. The third-order valence-electron chi connectivity index (χ3n) is 2.78. The number of rotatable bonds is 3. The second-order valence-electron chi connectivity index (χ2n) is 4.05. The number of carbonyl (C=O) groups is 1. The van der Waals surface area contributed by atoms with Crippen LogP contribution < -0.4 is 11.1 Å². The highest BCUT2D eigenvalue weighted by Crippen LogP contribution is 2.16. The Bertz CT molecular complexity index is 395. The second kappa shape index (κ2) is 4.84. The summed E-state index contributed by atoms with van der Waals surface area (Å²) in [5.41, 5.74) is 6.75. The maximum absolute atomic E-state index is 10.9. The van der Waals surface area contributed by atoms with E-state index in [9.17, 15) is 4.79 Å². The highest BCUT2D eigenvalue weighted by Gasteiger charge is 2.07. The summed E-state index contributed by atoms with van der Waals surface area (Å²) in [6, 6.07) is 7.69. The van der Waals surface area contributed by atoms with E-state index in [0.29, 0.717) is 11.6 Å². The van der Waals surface area contributed by atoms with E-state index in [1.54, 1.807) is 12.1 Å². The van der Waals surface area contributed by atoms with Crippen LogP contribution in [0.4, 0.5) is 5.69 Å². The Morgan fingerprint density at radius 2 is 2.06 bits per heavy atom. The van der Waals surface area contributed by atoms with Gasteiger partial charge in [-0.3, -0.25) is 4.79 Å². The molecule has 0 radical (unpaired) electrons. The standard InChI is InChI=1S/C13H16N2O/c14-13(16)10-6-8-12(9-7-10)15-11-4-2-1-3-5-11/h2,4,6-9,11,15H,1,3,5H2,(H2,14,16). The van der Waals surface area contributed by atoms with Crippen molar-refractivity contribution in [3.8, 4) is 0 Å². The third-order valence-corrected chi connectivity index (χ3v) is 2.78. The predicted octanol–water partition coefficient (Wildman–Crippen LogP) is 2.31. The highest BCUT2D eigenvalue weighted by molar-refractivity contribution is 5.93. The summed E-state index contributed by atoms with van der Waals surface area (Å²) in [7, 11) is 0. The van der Waals surface area contributed by atoms with Crippen molar-refractivity contribution in [1.29, 1.82) is 0 Å². The molecule has 3 nitrogen and oxygen atoms in total. The maximum atomic E-state index is 10.9. The van der Waals surface area contributed by atoms with Gasteiger partial charge in [0.05, 0.1) is 0 Å². The monoisotopic (exact) mass is 216 g/mol. The van der Waals surface area contributed by atoms with E-state index in [0.717, 1.165) is 12.1 Å². The van der Waals surface area contributed by atoms with Crippen LogP contribution in [0.5, 0.6) is 0 Å². The van der Waals surface area contributed by atoms with E-state index >= 15 is 0 Å². The average Bonchev–Trinajstić information content (AvgIpc) is 2.31. The minimum absolute atomic E-state index is 0.385. The summed E-state index contributed by atoms with van der Waals surface area (Å²) in [6.45, 7) is 0. The molecule has 84 valence electrons. The molecule has 3 N–H and O–H groups in total. The molecule has 0 spiro atoms. The Labute approximate surface area is 95.3 Å². The number of amides is 1. The SMILES string of the molecule is NC(=O)c1ccc(NC2C=CCCC2)cc1. The van der Waals surface area contributed by atoms with Gasteiger partial charge in [-0.25, -0.2) is 0 Å². The molecule has 1 aliphatic carbocycles. The van der Waals surface area contributed by atoms with E-state index in [1.165, 1.54) is 12.8 Å². The molecular formula is C13H16N2O. The quantitative estimate of drug-likeness (QED) is 0.762. The molecule has 2 rings (SSSR count). The van der Waals surface area contributed by atoms with Crippen molar-refractivity contribution in [2.24, 2.45) is 5.73 Å². The fraction of sp³-hybridized carbons (Fsp3) is 0.308. The van der Waals surface area contributed by atoms with E-state index in [2.05, 4.69) is 17.5 Å². The minimum Gasteiger partial charge on any atom is -0.379 e. The van der Waals surface area contributed by atoms with E-state index in [1.807, 2.05) is 12.1 Å². The van der Waals surface area contributed by atoms with Gasteiger partial charge in [-0.05, 0) is 43.5 Å². The summed E-state index contributed by atoms with van der Waals surface area (Å²) in [5.74, 6) is -0.385. The number of allylic oxidation sites excluding steroid dienone is 1. The molecular weight excluding hydrogens is 200 g/mol. The molecule has 3 heteroatoms. The zero-order valence-corrected chi connectivity index (χ0v) is 9.15. The molecule has 1 amide bonds. The van der Waals surface area contributed by atoms with Gasteiger partial charge in [-0.1, -0.05) is 12.2 Å². The normalized spacial score (nSPS) is 19.4. The fourth-order valence-corrected chi connectivity index (χ4v) is 1.88. The van der Waals surface area contributed by atoms with Gasteiger partial charge in [-0.2, -0.15) is 0 Å². The molecule has 1 aliphatic rings. The molecule has 16 heavy (non-hydrogen) atoms. The zero-order chi connectivity index (χ0) is 11.4. The van der Waals surface area contributed by atoms with Crippen LogP contribution in [0, 0.1) is 0 Å². The molecule has 1 unspecified atom stereocenters. The molecule has 1 atom stereocenters. The smallest absolute Gasteiger partial charge is 0.248 e. The Morgan fingerprint density at radius 3 is 2.62 bits per heavy atom. The van der Waals surface area contributed by atoms with Crippen LogP contribution >= 0.6 is 0 Å². The number of anilines is 1. The van der Waals surface area contributed by atoms with Crippen LogP contribution in [0.1, 0.15) is 29.6 Å². The number of hydrogen-bond acceptors (Lipinski definition) is 2. The number of nitrogens with two attached hydrogens (primary N) is 1. The Kier molecular flexibility index (Phi) is 3.25. The summed E-state index contributed by atoms with van der Waals surface area (Å²) in [4.78, 5) is 10.9. The molecule has 1 aromatic rings. The van der Waals surface area contributed by atoms with E-state index < -0.39 is 0 Å². The topological polar surface area (TPSA) is 55.1 Å². The largest absolute Gasteiger partial charge is 0.379 e. The Hall–Kier alpha value is -1.77. The lowest BCUT2D eigenvalue weighted by Gasteiger charge is -2.19. The number of hydrogen-bond donors (Lipinski definition) is 2. The summed E-state index contributed by atoms with van der Waals surface area (Å²) < 4.78 is 0. The molecule has 0 saturated carbocycles. The zero-order valence-electron chi connectivity index (χ0n) is 9.15. The predicted molar refractivity (Wildman–Crippen MR) is 65.4 cm³/mol.